The lowest BCUT2D eigenvalue weighted by molar-refractivity contribution is -0.120. The quantitative estimate of drug-likeness (QED) is 0.639. The van der Waals surface area contributed by atoms with Crippen LogP contribution in [0.5, 0.6) is 0 Å². The SMILES string of the molecule is CCC1C(=O)N(C)c2cnc(-n3ccnc3-c3ccc(F)c(F)c3)nc2N1C1CCC1. The zero-order valence-corrected chi connectivity index (χ0v) is 17.3. The second-order valence-corrected chi connectivity index (χ2v) is 7.94. The van der Waals surface area contributed by atoms with E-state index in [1.807, 2.05) is 6.92 Å². The van der Waals surface area contributed by atoms with Crippen LogP contribution < -0.4 is 9.80 Å². The van der Waals surface area contributed by atoms with Gasteiger partial charge >= 0.3 is 0 Å². The van der Waals surface area contributed by atoms with Crippen LogP contribution in [0.2, 0.25) is 0 Å². The molecule has 0 saturated heterocycles. The predicted octanol–water partition coefficient (Wildman–Crippen LogP) is 3.72. The van der Waals surface area contributed by atoms with Crippen molar-refractivity contribution in [1.82, 2.24) is 19.5 Å². The molecule has 1 atom stereocenters. The van der Waals surface area contributed by atoms with Crippen molar-refractivity contribution < 1.29 is 13.6 Å². The maximum atomic E-state index is 13.8. The number of fused-ring (bicyclic) bond motifs is 1. The number of imidazole rings is 1. The normalized spacial score (nSPS) is 18.8. The van der Waals surface area contributed by atoms with E-state index in [1.54, 1.807) is 35.1 Å². The van der Waals surface area contributed by atoms with Crippen LogP contribution in [0.3, 0.4) is 0 Å². The van der Waals surface area contributed by atoms with E-state index in [1.165, 1.54) is 6.07 Å². The number of benzene rings is 1. The largest absolute Gasteiger partial charge is 0.340 e. The van der Waals surface area contributed by atoms with Gasteiger partial charge in [0.05, 0.1) is 6.20 Å². The predicted molar refractivity (Wildman–Crippen MR) is 112 cm³/mol. The van der Waals surface area contributed by atoms with E-state index < -0.39 is 11.6 Å². The molecule has 2 aliphatic rings. The number of hydrogen-bond donors (Lipinski definition) is 0. The van der Waals surface area contributed by atoms with Gasteiger partial charge < -0.3 is 9.80 Å². The number of halogens is 2. The fourth-order valence-electron chi connectivity index (χ4n) is 4.29. The highest BCUT2D eigenvalue weighted by atomic mass is 19.2. The van der Waals surface area contributed by atoms with Crippen molar-refractivity contribution in [3.63, 3.8) is 0 Å². The fourth-order valence-corrected chi connectivity index (χ4v) is 4.29. The van der Waals surface area contributed by atoms with Gasteiger partial charge in [-0.3, -0.25) is 9.36 Å². The van der Waals surface area contributed by atoms with Gasteiger partial charge in [-0.25, -0.2) is 18.7 Å². The molecule has 2 aromatic heterocycles. The van der Waals surface area contributed by atoms with Crippen LogP contribution in [0.25, 0.3) is 17.3 Å². The van der Waals surface area contributed by atoms with E-state index >= 15 is 0 Å². The van der Waals surface area contributed by atoms with Gasteiger partial charge in [0.15, 0.2) is 17.5 Å². The number of nitrogens with zero attached hydrogens (tertiary/aromatic N) is 6. The molecule has 31 heavy (non-hydrogen) atoms. The molecule has 0 N–H and O–H groups in total. The summed E-state index contributed by atoms with van der Waals surface area (Å²) in [5.74, 6) is -0.335. The van der Waals surface area contributed by atoms with Gasteiger partial charge in [0.1, 0.15) is 17.6 Å². The first-order chi connectivity index (χ1) is 15.0. The third-order valence-corrected chi connectivity index (χ3v) is 6.18. The minimum Gasteiger partial charge on any atom is -0.340 e. The Balaban J connectivity index is 1.62. The van der Waals surface area contributed by atoms with Crippen molar-refractivity contribution in [3.8, 4) is 17.3 Å². The van der Waals surface area contributed by atoms with Crippen molar-refractivity contribution in [1.29, 1.82) is 0 Å². The Kier molecular flexibility index (Phi) is 4.68. The average molecular weight is 424 g/mol. The molecule has 1 saturated carbocycles. The minimum atomic E-state index is -0.944. The molecular formula is C22H22F2N6O. The summed E-state index contributed by atoms with van der Waals surface area (Å²) in [6, 6.07) is 3.65. The van der Waals surface area contributed by atoms with Gasteiger partial charge in [-0.1, -0.05) is 6.92 Å². The monoisotopic (exact) mass is 424 g/mol. The number of amides is 1. The summed E-state index contributed by atoms with van der Waals surface area (Å²) in [4.78, 5) is 30.3. The molecular weight excluding hydrogens is 402 g/mol. The van der Waals surface area contributed by atoms with Gasteiger partial charge in [-0.15, -0.1) is 0 Å². The number of anilines is 2. The zero-order valence-electron chi connectivity index (χ0n) is 17.3. The molecule has 7 nitrogen and oxygen atoms in total. The van der Waals surface area contributed by atoms with Gasteiger partial charge in [0.2, 0.25) is 11.9 Å². The summed E-state index contributed by atoms with van der Waals surface area (Å²) < 4.78 is 28.8. The first-order valence-corrected chi connectivity index (χ1v) is 10.4. The Bertz CT molecular complexity index is 1160. The first kappa shape index (κ1) is 19.6. The van der Waals surface area contributed by atoms with E-state index in [0.29, 0.717) is 35.3 Å². The van der Waals surface area contributed by atoms with Crippen molar-refractivity contribution >= 4 is 17.4 Å². The Morgan fingerprint density at radius 3 is 2.65 bits per heavy atom. The molecule has 1 aliphatic heterocycles. The van der Waals surface area contributed by atoms with Gasteiger partial charge in [0, 0.05) is 31.0 Å². The first-order valence-electron chi connectivity index (χ1n) is 10.4. The number of hydrogen-bond acceptors (Lipinski definition) is 5. The topological polar surface area (TPSA) is 67.2 Å². The van der Waals surface area contributed by atoms with E-state index in [2.05, 4.69) is 14.9 Å². The molecule has 5 rings (SSSR count). The van der Waals surface area contributed by atoms with Crippen LogP contribution in [-0.2, 0) is 4.79 Å². The summed E-state index contributed by atoms with van der Waals surface area (Å²) in [5, 5.41) is 0. The van der Waals surface area contributed by atoms with Gasteiger partial charge in [0.25, 0.3) is 0 Å². The molecule has 3 heterocycles. The minimum absolute atomic E-state index is 0.0448. The average Bonchev–Trinajstić information content (AvgIpc) is 3.22. The number of carbonyl (C=O) groups is 1. The van der Waals surface area contributed by atoms with Crippen LogP contribution in [0.1, 0.15) is 32.6 Å². The van der Waals surface area contributed by atoms with Crippen molar-refractivity contribution in [2.45, 2.75) is 44.7 Å². The standard InChI is InChI=1S/C22H22F2N6O/c1-3-17-21(31)28(2)18-12-26-22(27-20(18)30(17)14-5-4-6-14)29-10-9-25-19(29)13-7-8-15(23)16(24)11-13/h7-12,14,17H,3-6H2,1-2H3. The summed E-state index contributed by atoms with van der Waals surface area (Å²) >= 11 is 0. The Labute approximate surface area is 178 Å². The highest BCUT2D eigenvalue weighted by molar-refractivity contribution is 6.04. The van der Waals surface area contributed by atoms with Crippen molar-refractivity contribution in [3.05, 3.63) is 48.4 Å². The summed E-state index contributed by atoms with van der Waals surface area (Å²) in [6.07, 6.45) is 8.76. The Morgan fingerprint density at radius 2 is 1.97 bits per heavy atom. The van der Waals surface area contributed by atoms with Crippen LogP contribution in [0.4, 0.5) is 20.3 Å². The van der Waals surface area contributed by atoms with Gasteiger partial charge in [-0.05, 0) is 43.9 Å². The maximum Gasteiger partial charge on any atom is 0.249 e. The summed E-state index contributed by atoms with van der Waals surface area (Å²) in [6.45, 7) is 2.01. The number of likely N-dealkylation sites (N-methyl/N-ethyl adjacent to an activating group) is 1. The van der Waals surface area contributed by atoms with E-state index in [4.69, 9.17) is 4.98 Å². The second kappa shape index (κ2) is 7.40. The number of aromatic nitrogens is 4. The molecule has 1 unspecified atom stereocenters. The molecule has 0 spiro atoms. The molecule has 1 amide bonds. The lowest BCUT2D eigenvalue weighted by Gasteiger charge is -2.47. The third kappa shape index (κ3) is 3.07. The number of carbonyl (C=O) groups excluding carboxylic acids is 1. The molecule has 0 bridgehead atoms. The van der Waals surface area contributed by atoms with Crippen molar-refractivity contribution in [2.75, 3.05) is 16.8 Å². The van der Waals surface area contributed by atoms with Crippen LogP contribution in [-0.4, -0.2) is 44.6 Å². The molecule has 9 heteroatoms. The molecule has 1 fully saturated rings. The van der Waals surface area contributed by atoms with E-state index in [-0.39, 0.29) is 18.0 Å². The lowest BCUT2D eigenvalue weighted by Crippen LogP contribution is -2.57. The van der Waals surface area contributed by atoms with E-state index in [9.17, 15) is 13.6 Å². The maximum absolute atomic E-state index is 13.8. The highest BCUT2D eigenvalue weighted by Gasteiger charge is 2.42. The smallest absolute Gasteiger partial charge is 0.249 e. The van der Waals surface area contributed by atoms with Crippen LogP contribution in [0.15, 0.2) is 36.8 Å². The molecule has 3 aromatic rings. The van der Waals surface area contributed by atoms with E-state index in [0.717, 1.165) is 31.4 Å². The second-order valence-electron chi connectivity index (χ2n) is 7.94. The molecule has 1 aromatic carbocycles. The molecule has 1 aliphatic carbocycles. The van der Waals surface area contributed by atoms with Gasteiger partial charge in [-0.2, -0.15) is 4.98 Å². The lowest BCUT2D eigenvalue weighted by atomic mass is 9.88. The molecule has 160 valence electrons. The Morgan fingerprint density at radius 1 is 1.16 bits per heavy atom. The van der Waals surface area contributed by atoms with Crippen LogP contribution >= 0.6 is 0 Å². The van der Waals surface area contributed by atoms with Crippen LogP contribution in [0, 0.1) is 11.6 Å². The highest BCUT2D eigenvalue weighted by Crippen LogP contribution is 2.40. The zero-order chi connectivity index (χ0) is 21.7. The molecule has 0 radical (unpaired) electrons. The Hall–Kier alpha value is -3.36. The number of rotatable bonds is 4. The summed E-state index contributed by atoms with van der Waals surface area (Å²) in [5.41, 5.74) is 1.08. The third-order valence-electron chi connectivity index (χ3n) is 6.18. The fraction of sp³-hybridized carbons (Fsp3) is 0.364. The van der Waals surface area contributed by atoms with Crippen molar-refractivity contribution in [2.24, 2.45) is 0 Å². The summed E-state index contributed by atoms with van der Waals surface area (Å²) in [7, 11) is 1.74.